The summed E-state index contributed by atoms with van der Waals surface area (Å²) >= 11 is 0. The molecule has 0 radical (unpaired) electrons. The van der Waals surface area contributed by atoms with Crippen LogP contribution in [-0.4, -0.2) is 36.1 Å². The lowest BCUT2D eigenvalue weighted by molar-refractivity contribution is -0.0758. The predicted octanol–water partition coefficient (Wildman–Crippen LogP) is 3.11. The van der Waals surface area contributed by atoms with Gasteiger partial charge in [0, 0.05) is 0 Å². The second-order valence-electron chi connectivity index (χ2n) is 7.46. The molecule has 0 heterocycles. The molecular formula is C18H23NO2. The van der Waals surface area contributed by atoms with Gasteiger partial charge in [0.15, 0.2) is 0 Å². The maximum absolute atomic E-state index is 12.6. The maximum atomic E-state index is 12.6. The summed E-state index contributed by atoms with van der Waals surface area (Å²) < 4.78 is 6.19. The molecule has 21 heavy (non-hydrogen) atoms. The summed E-state index contributed by atoms with van der Waals surface area (Å²) in [5.74, 6) is 1.33. The Morgan fingerprint density at radius 3 is 2.29 bits per heavy atom. The van der Waals surface area contributed by atoms with E-state index in [9.17, 15) is 4.79 Å². The van der Waals surface area contributed by atoms with Crippen LogP contribution in [0.4, 0.5) is 0 Å². The van der Waals surface area contributed by atoms with Gasteiger partial charge >= 0.3 is 5.97 Å². The van der Waals surface area contributed by atoms with E-state index in [0.29, 0.717) is 5.56 Å². The first-order valence-corrected chi connectivity index (χ1v) is 8.00. The molecule has 0 N–H and O–H groups in total. The molecule has 1 aromatic rings. The third kappa shape index (κ3) is 1.73. The van der Waals surface area contributed by atoms with Gasteiger partial charge in [0.25, 0.3) is 0 Å². The van der Waals surface area contributed by atoms with Gasteiger partial charge in [0.2, 0.25) is 0 Å². The standard InChI is InChI=1S/C18H23NO2/c1-19(2)17-9-13-8-14(10-17)12-18(17,11-13)21-16(20)15-6-4-3-5-7-15/h3-7,13-14H,8-12H2,1-2H3. The number of ether oxygens (including phenoxy) is 1. The van der Waals surface area contributed by atoms with E-state index in [1.54, 1.807) is 0 Å². The fourth-order valence-corrected chi connectivity index (χ4v) is 5.52. The molecule has 4 aliphatic rings. The summed E-state index contributed by atoms with van der Waals surface area (Å²) in [4.78, 5) is 14.9. The molecule has 0 amide bonds. The van der Waals surface area contributed by atoms with Gasteiger partial charge in [0.1, 0.15) is 5.60 Å². The Bertz CT molecular complexity index is 552. The molecular weight excluding hydrogens is 262 g/mol. The van der Waals surface area contributed by atoms with Crippen molar-refractivity contribution in [2.24, 2.45) is 11.8 Å². The minimum absolute atomic E-state index is 0.0744. The molecule has 3 nitrogen and oxygen atoms in total. The summed E-state index contributed by atoms with van der Waals surface area (Å²) in [6, 6.07) is 9.42. The van der Waals surface area contributed by atoms with E-state index in [0.717, 1.165) is 24.7 Å². The highest BCUT2D eigenvalue weighted by molar-refractivity contribution is 5.89. The zero-order valence-corrected chi connectivity index (χ0v) is 12.8. The average Bonchev–Trinajstić information content (AvgIpc) is 2.81. The van der Waals surface area contributed by atoms with E-state index < -0.39 is 0 Å². The van der Waals surface area contributed by atoms with E-state index in [4.69, 9.17) is 4.74 Å². The molecule has 4 bridgehead atoms. The van der Waals surface area contributed by atoms with Crippen molar-refractivity contribution in [2.45, 2.75) is 43.2 Å². The highest BCUT2D eigenvalue weighted by atomic mass is 16.6. The molecule has 2 atom stereocenters. The molecule has 0 spiro atoms. The number of hydrogen-bond donors (Lipinski definition) is 0. The number of carbonyl (C=O) groups excluding carboxylic acids is 1. The zero-order chi connectivity index (χ0) is 14.7. The van der Waals surface area contributed by atoms with E-state index in [1.807, 2.05) is 30.3 Å². The smallest absolute Gasteiger partial charge is 0.338 e. The SMILES string of the molecule is CN(C)C12CC3CC(CC1(OC(=O)c1ccccc1)C3)C2. The molecule has 0 aromatic heterocycles. The van der Waals surface area contributed by atoms with E-state index >= 15 is 0 Å². The fraction of sp³-hybridized carbons (Fsp3) is 0.611. The minimum Gasteiger partial charge on any atom is -0.453 e. The largest absolute Gasteiger partial charge is 0.453 e. The van der Waals surface area contributed by atoms with Crippen LogP contribution in [0.1, 0.15) is 42.5 Å². The monoisotopic (exact) mass is 285 g/mol. The summed E-state index contributed by atoms with van der Waals surface area (Å²) in [6.07, 6.45) is 5.83. The van der Waals surface area contributed by atoms with Crippen LogP contribution in [0.2, 0.25) is 0 Å². The molecule has 0 aliphatic heterocycles. The minimum atomic E-state index is -0.253. The van der Waals surface area contributed by atoms with E-state index in [1.165, 1.54) is 19.3 Å². The normalized spacial score (nSPS) is 40.0. The molecule has 3 heteroatoms. The predicted molar refractivity (Wildman–Crippen MR) is 81.1 cm³/mol. The van der Waals surface area contributed by atoms with Crippen molar-refractivity contribution in [3.05, 3.63) is 35.9 Å². The molecule has 4 fully saturated rings. The second-order valence-corrected chi connectivity index (χ2v) is 7.46. The number of hydrogen-bond acceptors (Lipinski definition) is 3. The first kappa shape index (κ1) is 13.3. The Morgan fingerprint density at radius 2 is 1.71 bits per heavy atom. The molecule has 4 aliphatic carbocycles. The van der Waals surface area contributed by atoms with Crippen LogP contribution < -0.4 is 0 Å². The van der Waals surface area contributed by atoms with Crippen molar-refractivity contribution in [3.8, 4) is 0 Å². The zero-order valence-electron chi connectivity index (χ0n) is 12.8. The Balaban J connectivity index is 1.66. The van der Waals surface area contributed by atoms with E-state index in [2.05, 4.69) is 19.0 Å². The summed E-state index contributed by atoms with van der Waals surface area (Å²) in [5, 5.41) is 0. The molecule has 2 unspecified atom stereocenters. The van der Waals surface area contributed by atoms with Crippen LogP contribution in [0, 0.1) is 11.8 Å². The number of rotatable bonds is 3. The van der Waals surface area contributed by atoms with E-state index in [-0.39, 0.29) is 17.1 Å². The lowest BCUT2D eigenvalue weighted by atomic mass is 9.80. The van der Waals surface area contributed by atoms with Crippen LogP contribution in [0.5, 0.6) is 0 Å². The lowest BCUT2D eigenvalue weighted by Crippen LogP contribution is -2.57. The average molecular weight is 285 g/mol. The van der Waals surface area contributed by atoms with Crippen LogP contribution in [0.25, 0.3) is 0 Å². The highest BCUT2D eigenvalue weighted by Crippen LogP contribution is 2.66. The van der Waals surface area contributed by atoms with Gasteiger partial charge in [-0.05, 0) is 70.2 Å². The molecule has 0 saturated heterocycles. The van der Waals surface area contributed by atoms with Gasteiger partial charge in [-0.3, -0.25) is 0 Å². The quantitative estimate of drug-likeness (QED) is 0.799. The Kier molecular flexibility index (Phi) is 2.74. The van der Waals surface area contributed by atoms with Gasteiger partial charge in [-0.2, -0.15) is 0 Å². The van der Waals surface area contributed by atoms with Crippen molar-refractivity contribution in [2.75, 3.05) is 14.1 Å². The van der Waals surface area contributed by atoms with Gasteiger partial charge in [0.05, 0.1) is 11.1 Å². The highest BCUT2D eigenvalue weighted by Gasteiger charge is 2.70. The van der Waals surface area contributed by atoms with Crippen LogP contribution in [0.3, 0.4) is 0 Å². The number of likely N-dealkylation sites (N-methyl/N-ethyl adjacent to an activating group) is 1. The number of nitrogens with zero attached hydrogens (tertiary/aromatic N) is 1. The van der Waals surface area contributed by atoms with Crippen molar-refractivity contribution in [1.82, 2.24) is 4.90 Å². The molecule has 112 valence electrons. The number of esters is 1. The van der Waals surface area contributed by atoms with Gasteiger partial charge < -0.3 is 9.64 Å². The van der Waals surface area contributed by atoms with Crippen molar-refractivity contribution in [3.63, 3.8) is 0 Å². The molecule has 4 saturated carbocycles. The summed E-state index contributed by atoms with van der Waals surface area (Å²) in [6.45, 7) is 0. The fourth-order valence-electron chi connectivity index (χ4n) is 5.52. The third-order valence-electron chi connectivity index (χ3n) is 6.16. The Morgan fingerprint density at radius 1 is 1.10 bits per heavy atom. The molecule has 1 aromatic carbocycles. The van der Waals surface area contributed by atoms with Crippen LogP contribution in [-0.2, 0) is 4.74 Å². The third-order valence-corrected chi connectivity index (χ3v) is 6.16. The molecule has 5 rings (SSSR count). The van der Waals surface area contributed by atoms with Gasteiger partial charge in [-0.15, -0.1) is 0 Å². The second kappa shape index (κ2) is 4.33. The summed E-state index contributed by atoms with van der Waals surface area (Å²) in [7, 11) is 4.31. The number of benzene rings is 1. The first-order valence-electron chi connectivity index (χ1n) is 8.00. The van der Waals surface area contributed by atoms with Gasteiger partial charge in [-0.1, -0.05) is 18.2 Å². The van der Waals surface area contributed by atoms with Crippen molar-refractivity contribution < 1.29 is 9.53 Å². The van der Waals surface area contributed by atoms with Crippen LogP contribution >= 0.6 is 0 Å². The van der Waals surface area contributed by atoms with Crippen LogP contribution in [0.15, 0.2) is 30.3 Å². The number of carbonyl (C=O) groups is 1. The first-order chi connectivity index (χ1) is 10.0. The van der Waals surface area contributed by atoms with Crippen molar-refractivity contribution in [1.29, 1.82) is 0 Å². The Hall–Kier alpha value is -1.35. The van der Waals surface area contributed by atoms with Crippen molar-refractivity contribution >= 4 is 5.97 Å². The lowest BCUT2D eigenvalue weighted by Gasteiger charge is -2.44. The topological polar surface area (TPSA) is 29.5 Å². The Labute approximate surface area is 126 Å². The van der Waals surface area contributed by atoms with Gasteiger partial charge in [-0.25, -0.2) is 4.79 Å². The summed E-state index contributed by atoms with van der Waals surface area (Å²) in [5.41, 5.74) is 0.495. The maximum Gasteiger partial charge on any atom is 0.338 e.